The van der Waals surface area contributed by atoms with E-state index in [0.29, 0.717) is 0 Å². The smallest absolute Gasteiger partial charge is 0.135 e. The zero-order valence-corrected chi connectivity index (χ0v) is 19.0. The van der Waals surface area contributed by atoms with Crippen molar-refractivity contribution in [1.29, 1.82) is 0 Å². The lowest BCUT2D eigenvalue weighted by Gasteiger charge is -2.23. The second-order valence-electron chi connectivity index (χ2n) is 9.36. The van der Waals surface area contributed by atoms with Crippen molar-refractivity contribution < 1.29 is 4.74 Å². The maximum absolute atomic E-state index is 6.41. The van der Waals surface area contributed by atoms with E-state index in [4.69, 9.17) is 4.74 Å². The number of rotatable bonds is 1. The van der Waals surface area contributed by atoms with Crippen LogP contribution in [0.4, 0.5) is 0 Å². The number of hydrogen-bond donors (Lipinski definition) is 0. The Hall–Kier alpha value is -4.62. The summed E-state index contributed by atoms with van der Waals surface area (Å²) in [5.74, 6) is 1.84. The summed E-state index contributed by atoms with van der Waals surface area (Å²) in [7, 11) is 0. The minimum Gasteiger partial charge on any atom is -0.456 e. The molecule has 0 saturated carbocycles. The van der Waals surface area contributed by atoms with E-state index in [2.05, 4.69) is 121 Å². The molecule has 0 bridgehead atoms. The van der Waals surface area contributed by atoms with Gasteiger partial charge in [0, 0.05) is 10.9 Å². The molecule has 162 valence electrons. The third kappa shape index (κ3) is 2.70. The molecule has 0 spiro atoms. The Balaban J connectivity index is 1.35. The SMILES string of the molecule is c1ccc2c(c1)ccc1cc(-c3ccc4c(c3)-c3cc5ccccc5c5cccc(c35)O4)ccc12. The Bertz CT molecular complexity index is 1980. The minimum atomic E-state index is 0.913. The van der Waals surface area contributed by atoms with Crippen LogP contribution in [0.2, 0.25) is 0 Å². The molecule has 1 heteroatoms. The molecule has 0 atom stereocenters. The van der Waals surface area contributed by atoms with Gasteiger partial charge in [0.05, 0.1) is 0 Å². The van der Waals surface area contributed by atoms with Gasteiger partial charge >= 0.3 is 0 Å². The molecule has 0 amide bonds. The fourth-order valence-corrected chi connectivity index (χ4v) is 5.75. The minimum absolute atomic E-state index is 0.913. The lowest BCUT2D eigenvalue weighted by molar-refractivity contribution is 0.487. The highest BCUT2D eigenvalue weighted by Gasteiger charge is 2.22. The Labute approximate surface area is 202 Å². The lowest BCUT2D eigenvalue weighted by Crippen LogP contribution is -1.98. The maximum atomic E-state index is 6.41. The lowest BCUT2D eigenvalue weighted by atomic mass is 9.89. The van der Waals surface area contributed by atoms with E-state index in [1.807, 2.05) is 0 Å². The van der Waals surface area contributed by atoms with Crippen molar-refractivity contribution in [3.05, 3.63) is 121 Å². The highest BCUT2D eigenvalue weighted by atomic mass is 16.5. The number of fused-ring (bicyclic) bond motifs is 7. The summed E-state index contributed by atoms with van der Waals surface area (Å²) in [4.78, 5) is 0. The van der Waals surface area contributed by atoms with Crippen LogP contribution in [0, 0.1) is 0 Å². The van der Waals surface area contributed by atoms with Gasteiger partial charge in [-0.05, 0) is 84.7 Å². The van der Waals surface area contributed by atoms with Crippen molar-refractivity contribution >= 4 is 43.1 Å². The predicted octanol–water partition coefficient (Wildman–Crippen LogP) is 9.74. The second kappa shape index (κ2) is 6.94. The summed E-state index contributed by atoms with van der Waals surface area (Å²) in [6, 6.07) is 43.7. The van der Waals surface area contributed by atoms with Crippen LogP contribution < -0.4 is 4.74 Å². The third-order valence-electron chi connectivity index (χ3n) is 7.41. The first kappa shape index (κ1) is 18.8. The van der Waals surface area contributed by atoms with Crippen LogP contribution in [0.5, 0.6) is 11.5 Å². The van der Waals surface area contributed by atoms with Crippen LogP contribution in [-0.4, -0.2) is 0 Å². The molecule has 0 aliphatic carbocycles. The summed E-state index contributed by atoms with van der Waals surface area (Å²) in [6.45, 7) is 0. The van der Waals surface area contributed by atoms with Gasteiger partial charge in [-0.2, -0.15) is 0 Å². The highest BCUT2D eigenvalue weighted by Crippen LogP contribution is 2.49. The Morgan fingerprint density at radius 3 is 1.94 bits per heavy atom. The zero-order valence-electron chi connectivity index (χ0n) is 19.0. The van der Waals surface area contributed by atoms with Crippen molar-refractivity contribution in [3.63, 3.8) is 0 Å². The van der Waals surface area contributed by atoms with Gasteiger partial charge in [0.15, 0.2) is 0 Å². The molecular formula is C34H20O. The first-order valence-electron chi connectivity index (χ1n) is 12.0. The fraction of sp³-hybridized carbons (Fsp3) is 0. The van der Waals surface area contributed by atoms with Gasteiger partial charge in [0.2, 0.25) is 0 Å². The number of benzene rings is 7. The molecule has 0 unspecified atom stereocenters. The van der Waals surface area contributed by atoms with Crippen molar-refractivity contribution in [1.82, 2.24) is 0 Å². The summed E-state index contributed by atoms with van der Waals surface area (Å²) < 4.78 is 6.41. The van der Waals surface area contributed by atoms with Crippen LogP contribution in [0.25, 0.3) is 65.3 Å². The first-order valence-corrected chi connectivity index (χ1v) is 12.0. The summed E-state index contributed by atoms with van der Waals surface area (Å²) in [5, 5.41) is 10.1. The Morgan fingerprint density at radius 1 is 0.371 bits per heavy atom. The Morgan fingerprint density at radius 2 is 1.03 bits per heavy atom. The van der Waals surface area contributed by atoms with Gasteiger partial charge in [0.25, 0.3) is 0 Å². The Kier molecular flexibility index (Phi) is 3.72. The first-order chi connectivity index (χ1) is 17.3. The van der Waals surface area contributed by atoms with Gasteiger partial charge in [0.1, 0.15) is 11.5 Å². The van der Waals surface area contributed by atoms with E-state index in [1.165, 1.54) is 59.8 Å². The molecule has 0 radical (unpaired) electrons. The van der Waals surface area contributed by atoms with Crippen LogP contribution >= 0.6 is 0 Å². The van der Waals surface area contributed by atoms with Gasteiger partial charge in [-0.1, -0.05) is 91.0 Å². The van der Waals surface area contributed by atoms with Crippen LogP contribution in [0.3, 0.4) is 0 Å². The number of ether oxygens (including phenoxy) is 1. The van der Waals surface area contributed by atoms with Crippen LogP contribution in [0.15, 0.2) is 121 Å². The molecule has 1 heterocycles. The van der Waals surface area contributed by atoms with Crippen molar-refractivity contribution in [2.75, 3.05) is 0 Å². The average molecular weight is 445 g/mol. The summed E-state index contributed by atoms with van der Waals surface area (Å²) >= 11 is 0. The topological polar surface area (TPSA) is 9.23 Å². The molecule has 0 aromatic heterocycles. The zero-order chi connectivity index (χ0) is 22.9. The molecule has 1 aliphatic rings. The van der Waals surface area contributed by atoms with Crippen molar-refractivity contribution in [2.45, 2.75) is 0 Å². The second-order valence-corrected chi connectivity index (χ2v) is 9.36. The average Bonchev–Trinajstić information content (AvgIpc) is 2.92. The standard InChI is InChI=1S/C34H20O/c1-3-8-26-21(6-1)12-13-25-18-22(14-16-28(25)26)23-15-17-32-30(19-23)31-20-24-7-2-4-9-27(24)29-10-5-11-33(35-32)34(29)31/h1-20H. The molecule has 35 heavy (non-hydrogen) atoms. The molecule has 8 rings (SSSR count). The van der Waals surface area contributed by atoms with Gasteiger partial charge in [-0.25, -0.2) is 0 Å². The monoisotopic (exact) mass is 444 g/mol. The van der Waals surface area contributed by atoms with Crippen LogP contribution in [-0.2, 0) is 0 Å². The van der Waals surface area contributed by atoms with Crippen LogP contribution in [0.1, 0.15) is 0 Å². The molecule has 0 saturated heterocycles. The third-order valence-corrected chi connectivity index (χ3v) is 7.41. The quantitative estimate of drug-likeness (QED) is 0.229. The maximum Gasteiger partial charge on any atom is 0.135 e. The van der Waals surface area contributed by atoms with Crippen molar-refractivity contribution in [2.24, 2.45) is 0 Å². The fourth-order valence-electron chi connectivity index (χ4n) is 5.75. The molecule has 1 aliphatic heterocycles. The molecule has 7 aromatic carbocycles. The van der Waals surface area contributed by atoms with E-state index in [-0.39, 0.29) is 0 Å². The molecule has 7 aromatic rings. The van der Waals surface area contributed by atoms with E-state index in [0.717, 1.165) is 17.1 Å². The predicted molar refractivity (Wildman–Crippen MR) is 147 cm³/mol. The molecule has 0 fully saturated rings. The van der Waals surface area contributed by atoms with E-state index in [1.54, 1.807) is 0 Å². The summed E-state index contributed by atoms with van der Waals surface area (Å²) in [5.41, 5.74) is 4.80. The van der Waals surface area contributed by atoms with E-state index >= 15 is 0 Å². The van der Waals surface area contributed by atoms with Gasteiger partial charge in [-0.15, -0.1) is 0 Å². The molecule has 0 N–H and O–H groups in total. The van der Waals surface area contributed by atoms with E-state index in [9.17, 15) is 0 Å². The normalized spacial score (nSPS) is 12.2. The highest BCUT2D eigenvalue weighted by molar-refractivity contribution is 6.17. The summed E-state index contributed by atoms with van der Waals surface area (Å²) in [6.07, 6.45) is 0. The van der Waals surface area contributed by atoms with E-state index < -0.39 is 0 Å². The van der Waals surface area contributed by atoms with Gasteiger partial charge in [-0.3, -0.25) is 0 Å². The molecule has 1 nitrogen and oxygen atoms in total. The molecular weight excluding hydrogens is 424 g/mol. The van der Waals surface area contributed by atoms with Gasteiger partial charge < -0.3 is 4.74 Å². The largest absolute Gasteiger partial charge is 0.456 e. The number of hydrogen-bond acceptors (Lipinski definition) is 1. The van der Waals surface area contributed by atoms with Crippen molar-refractivity contribution in [3.8, 4) is 33.8 Å².